The second kappa shape index (κ2) is 5.51. The van der Waals surface area contributed by atoms with E-state index < -0.39 is 58.7 Å². The minimum Gasteiger partial charge on any atom is -0.481 e. The summed E-state index contributed by atoms with van der Waals surface area (Å²) in [5.74, 6) is -3.51. The van der Waals surface area contributed by atoms with Crippen LogP contribution in [-0.2, 0) is 24.6 Å². The lowest BCUT2D eigenvalue weighted by Gasteiger charge is -2.23. The largest absolute Gasteiger partial charge is 0.481 e. The highest BCUT2D eigenvalue weighted by atomic mass is 32.3. The summed E-state index contributed by atoms with van der Waals surface area (Å²) in [5.41, 5.74) is 0. The molecule has 0 radical (unpaired) electrons. The van der Waals surface area contributed by atoms with Crippen molar-refractivity contribution in [1.82, 2.24) is 4.90 Å². The number of hydrogen-bond acceptors (Lipinski definition) is 5. The molecular formula is C9H12FNO7S. The van der Waals surface area contributed by atoms with Crippen LogP contribution in [0.1, 0.15) is 19.3 Å². The van der Waals surface area contributed by atoms with Crippen LogP contribution in [0.3, 0.4) is 0 Å². The van der Waals surface area contributed by atoms with E-state index in [1.807, 2.05) is 0 Å². The monoisotopic (exact) mass is 297 g/mol. The quantitative estimate of drug-likeness (QED) is 0.614. The smallest absolute Gasteiger partial charge is 0.326 e. The third-order valence-electron chi connectivity index (χ3n) is 2.81. The van der Waals surface area contributed by atoms with Crippen molar-refractivity contribution in [3.63, 3.8) is 0 Å². The van der Waals surface area contributed by atoms with E-state index in [1.54, 1.807) is 0 Å². The first-order valence-corrected chi connectivity index (χ1v) is 6.75. The molecule has 1 rings (SSSR count). The highest BCUT2D eigenvalue weighted by Crippen LogP contribution is 2.23. The molecule has 1 amide bonds. The molecule has 0 spiro atoms. The molecule has 0 aliphatic carbocycles. The van der Waals surface area contributed by atoms with E-state index in [4.69, 9.17) is 10.2 Å². The van der Waals surface area contributed by atoms with Gasteiger partial charge in [-0.1, -0.05) is 0 Å². The molecular weight excluding hydrogens is 285 g/mol. The zero-order valence-electron chi connectivity index (χ0n) is 9.65. The number of amides is 1. The zero-order valence-corrected chi connectivity index (χ0v) is 10.5. The standard InChI is InChI=1S/C9H12FNO7S/c10-19(17,18)5-3-7(12)11(4-5)6(9(15)16)1-2-8(13)14/h5-6H,1-4H2,(H,13,14)(H,15,16)/t5?,6-/m0/s1. The molecule has 0 aromatic rings. The van der Waals surface area contributed by atoms with Crippen LogP contribution in [0.25, 0.3) is 0 Å². The van der Waals surface area contributed by atoms with Crippen LogP contribution in [0.2, 0.25) is 0 Å². The molecule has 1 aliphatic rings. The highest BCUT2D eigenvalue weighted by molar-refractivity contribution is 7.87. The normalized spacial score (nSPS) is 21.4. The summed E-state index contributed by atoms with van der Waals surface area (Å²) >= 11 is 0. The molecule has 0 bridgehead atoms. The van der Waals surface area contributed by atoms with Crippen LogP contribution in [-0.4, -0.2) is 59.2 Å². The lowest BCUT2D eigenvalue weighted by Crippen LogP contribution is -2.43. The Morgan fingerprint density at radius 3 is 2.37 bits per heavy atom. The number of carboxylic acids is 2. The summed E-state index contributed by atoms with van der Waals surface area (Å²) in [6, 6.07) is -1.46. The predicted molar refractivity (Wildman–Crippen MR) is 58.4 cm³/mol. The SMILES string of the molecule is O=C(O)CC[C@@H](C(=O)O)N1CC(S(=O)(=O)F)CC1=O. The molecule has 1 heterocycles. The lowest BCUT2D eigenvalue weighted by molar-refractivity contribution is -0.149. The van der Waals surface area contributed by atoms with Gasteiger partial charge in [-0.15, -0.1) is 3.89 Å². The number of carbonyl (C=O) groups is 3. The van der Waals surface area contributed by atoms with E-state index in [0.29, 0.717) is 4.90 Å². The maximum atomic E-state index is 12.8. The van der Waals surface area contributed by atoms with Crippen LogP contribution in [0.4, 0.5) is 3.89 Å². The molecule has 1 unspecified atom stereocenters. The number of rotatable bonds is 6. The molecule has 0 aromatic heterocycles. The fraction of sp³-hybridized carbons (Fsp3) is 0.667. The fourth-order valence-electron chi connectivity index (χ4n) is 1.86. The number of likely N-dealkylation sites (tertiary alicyclic amines) is 1. The van der Waals surface area contributed by atoms with Crippen molar-refractivity contribution in [3.8, 4) is 0 Å². The molecule has 0 aromatic carbocycles. The van der Waals surface area contributed by atoms with Crippen LogP contribution >= 0.6 is 0 Å². The van der Waals surface area contributed by atoms with Gasteiger partial charge in [0.1, 0.15) is 11.3 Å². The average Bonchev–Trinajstić information content (AvgIpc) is 2.60. The van der Waals surface area contributed by atoms with E-state index in [1.165, 1.54) is 0 Å². The van der Waals surface area contributed by atoms with Gasteiger partial charge in [-0.05, 0) is 6.42 Å². The summed E-state index contributed by atoms with van der Waals surface area (Å²) in [6.45, 7) is -0.575. The maximum absolute atomic E-state index is 12.8. The van der Waals surface area contributed by atoms with E-state index in [2.05, 4.69) is 0 Å². The van der Waals surface area contributed by atoms with Crippen LogP contribution in [0, 0.1) is 0 Å². The molecule has 2 N–H and O–H groups in total. The molecule has 1 saturated heterocycles. The minimum atomic E-state index is -4.93. The van der Waals surface area contributed by atoms with Crippen molar-refractivity contribution in [2.24, 2.45) is 0 Å². The Labute approximate surface area is 108 Å². The fourth-order valence-corrected chi connectivity index (χ4v) is 2.54. The van der Waals surface area contributed by atoms with Crippen LogP contribution in [0.15, 0.2) is 0 Å². The molecule has 1 aliphatic heterocycles. The molecule has 10 heteroatoms. The number of nitrogens with zero attached hydrogens (tertiary/aromatic N) is 1. The summed E-state index contributed by atoms with van der Waals surface area (Å²) in [6.07, 6.45) is -1.49. The van der Waals surface area contributed by atoms with Gasteiger partial charge in [0, 0.05) is 19.4 Å². The predicted octanol–water partition coefficient (Wildman–Crippen LogP) is -0.795. The molecule has 19 heavy (non-hydrogen) atoms. The number of hydrogen-bond donors (Lipinski definition) is 2. The summed E-state index contributed by atoms with van der Waals surface area (Å²) in [5, 5.41) is 15.8. The lowest BCUT2D eigenvalue weighted by atomic mass is 10.1. The topological polar surface area (TPSA) is 129 Å². The molecule has 1 fully saturated rings. The Kier molecular flexibility index (Phi) is 4.45. The Morgan fingerprint density at radius 2 is 2.00 bits per heavy atom. The number of carboxylic acid groups (broad SMARTS) is 2. The third kappa shape index (κ3) is 3.88. The Bertz CT molecular complexity index is 503. The summed E-state index contributed by atoms with van der Waals surface area (Å²) < 4.78 is 34.2. The second-order valence-corrected chi connectivity index (χ2v) is 5.75. The third-order valence-corrected chi connectivity index (χ3v) is 3.93. The number of halogens is 1. The van der Waals surface area contributed by atoms with E-state index >= 15 is 0 Å². The Balaban J connectivity index is 2.84. The van der Waals surface area contributed by atoms with Gasteiger partial charge in [0.2, 0.25) is 5.91 Å². The van der Waals surface area contributed by atoms with Gasteiger partial charge in [0.05, 0.1) is 0 Å². The first kappa shape index (κ1) is 15.3. The second-order valence-electron chi connectivity index (χ2n) is 4.13. The van der Waals surface area contributed by atoms with E-state index in [0.717, 1.165) is 0 Å². The van der Waals surface area contributed by atoms with Gasteiger partial charge in [-0.25, -0.2) is 4.79 Å². The van der Waals surface area contributed by atoms with Crippen molar-refractivity contribution < 1.29 is 36.9 Å². The number of carbonyl (C=O) groups excluding carboxylic acids is 1. The van der Waals surface area contributed by atoms with Crippen molar-refractivity contribution >= 4 is 28.1 Å². The summed E-state index contributed by atoms with van der Waals surface area (Å²) in [4.78, 5) is 33.6. The van der Waals surface area contributed by atoms with Gasteiger partial charge < -0.3 is 15.1 Å². The zero-order chi connectivity index (χ0) is 14.8. The average molecular weight is 297 g/mol. The number of aliphatic carboxylic acids is 2. The van der Waals surface area contributed by atoms with Crippen molar-refractivity contribution in [1.29, 1.82) is 0 Å². The molecule has 8 nitrogen and oxygen atoms in total. The van der Waals surface area contributed by atoms with Crippen molar-refractivity contribution in [2.45, 2.75) is 30.6 Å². The van der Waals surface area contributed by atoms with Gasteiger partial charge in [0.25, 0.3) is 0 Å². The van der Waals surface area contributed by atoms with Gasteiger partial charge >= 0.3 is 22.2 Å². The molecule has 108 valence electrons. The Morgan fingerprint density at radius 1 is 1.42 bits per heavy atom. The van der Waals surface area contributed by atoms with E-state index in [-0.39, 0.29) is 6.42 Å². The van der Waals surface area contributed by atoms with Gasteiger partial charge in [-0.2, -0.15) is 8.42 Å². The van der Waals surface area contributed by atoms with Gasteiger partial charge in [0.15, 0.2) is 0 Å². The van der Waals surface area contributed by atoms with Crippen molar-refractivity contribution in [2.75, 3.05) is 6.54 Å². The Hall–Kier alpha value is -1.71. The minimum absolute atomic E-state index is 0.366. The first-order valence-electron chi connectivity index (χ1n) is 5.30. The van der Waals surface area contributed by atoms with Crippen molar-refractivity contribution in [3.05, 3.63) is 0 Å². The van der Waals surface area contributed by atoms with Crippen LogP contribution < -0.4 is 0 Å². The molecule has 0 saturated carbocycles. The maximum Gasteiger partial charge on any atom is 0.326 e. The van der Waals surface area contributed by atoms with E-state index in [9.17, 15) is 26.7 Å². The summed E-state index contributed by atoms with van der Waals surface area (Å²) in [7, 11) is -4.93. The highest BCUT2D eigenvalue weighted by Gasteiger charge is 2.43. The molecule has 2 atom stereocenters. The van der Waals surface area contributed by atoms with Gasteiger partial charge in [-0.3, -0.25) is 9.59 Å². The van der Waals surface area contributed by atoms with Crippen LogP contribution in [0.5, 0.6) is 0 Å². The first-order chi connectivity index (χ1) is 8.62.